The second kappa shape index (κ2) is 15.4. The zero-order valence-corrected chi connectivity index (χ0v) is 28.3. The SMILES string of the molecule is BCc1cc(C)c(OC(=O)c2cc(C(=O)Oc3c(CB)cc(CB)cc3CB)cc(C(=O)OC(C)C(F)(F)S(=O)(=O)O)c2)c(CB)c1. The van der Waals surface area contributed by atoms with E-state index in [0.717, 1.165) is 58.7 Å². The monoisotopic (exact) mass is 664 g/mol. The smallest absolute Gasteiger partial charge is 0.405 e. The molecule has 3 rings (SSSR count). The van der Waals surface area contributed by atoms with Crippen LogP contribution in [0.25, 0.3) is 0 Å². The highest BCUT2D eigenvalue weighted by Crippen LogP contribution is 2.31. The van der Waals surface area contributed by atoms with Crippen LogP contribution in [-0.2, 0) is 46.5 Å². The van der Waals surface area contributed by atoms with Gasteiger partial charge in [-0.25, -0.2) is 14.4 Å². The van der Waals surface area contributed by atoms with Gasteiger partial charge in [-0.3, -0.25) is 4.55 Å². The lowest BCUT2D eigenvalue weighted by atomic mass is 9.85. The Morgan fingerprint density at radius 1 is 0.702 bits per heavy atom. The highest BCUT2D eigenvalue weighted by Gasteiger charge is 2.52. The summed E-state index contributed by atoms with van der Waals surface area (Å²) < 4.78 is 76.0. The number of rotatable bonds is 13. The lowest BCUT2D eigenvalue weighted by Gasteiger charge is -2.21. The van der Waals surface area contributed by atoms with E-state index in [2.05, 4.69) is 4.74 Å². The second-order valence-corrected chi connectivity index (χ2v) is 12.6. The first-order valence-corrected chi connectivity index (χ1v) is 16.9. The minimum Gasteiger partial charge on any atom is -0.451 e. The van der Waals surface area contributed by atoms with Gasteiger partial charge in [0, 0.05) is 0 Å². The maximum Gasteiger partial charge on any atom is 0.405 e. The fraction of sp³-hybridized carbons (Fsp3) is 0.300. The highest BCUT2D eigenvalue weighted by molar-refractivity contribution is 7.86. The van der Waals surface area contributed by atoms with Crippen molar-refractivity contribution in [2.45, 2.75) is 56.8 Å². The summed E-state index contributed by atoms with van der Waals surface area (Å²) in [5.74, 6) is -2.77. The van der Waals surface area contributed by atoms with Gasteiger partial charge in [-0.15, -0.1) is 0 Å². The molecular weight excluding hydrogens is 628 g/mol. The molecule has 0 amide bonds. The van der Waals surface area contributed by atoms with Crippen molar-refractivity contribution >= 4 is 67.3 Å². The van der Waals surface area contributed by atoms with Crippen molar-refractivity contribution in [3.63, 3.8) is 0 Å². The van der Waals surface area contributed by atoms with Crippen LogP contribution in [0.1, 0.15) is 71.4 Å². The predicted molar refractivity (Wildman–Crippen MR) is 187 cm³/mol. The first kappa shape index (κ1) is 37.6. The third-order valence-corrected chi connectivity index (χ3v) is 8.82. The molecule has 0 fully saturated rings. The molecule has 0 aromatic heterocycles. The maximum atomic E-state index is 14.2. The number of halogens is 2. The number of hydrogen-bond donors (Lipinski definition) is 1. The van der Waals surface area contributed by atoms with Crippen molar-refractivity contribution in [2.24, 2.45) is 0 Å². The average molecular weight is 664 g/mol. The van der Waals surface area contributed by atoms with Gasteiger partial charge in [0.2, 0.25) is 0 Å². The molecule has 1 atom stereocenters. The lowest BCUT2D eigenvalue weighted by molar-refractivity contribution is -0.0550. The quantitative estimate of drug-likeness (QED) is 0.117. The Hall–Kier alpha value is -3.84. The maximum absolute atomic E-state index is 14.2. The number of carbonyl (C=O) groups is 3. The summed E-state index contributed by atoms with van der Waals surface area (Å²) in [6, 6.07) is 10.7. The average Bonchev–Trinajstić information content (AvgIpc) is 3.04. The van der Waals surface area contributed by atoms with E-state index >= 15 is 0 Å². The number of ether oxygens (including phenoxy) is 3. The molecule has 0 aliphatic carbocycles. The molecule has 0 heterocycles. The van der Waals surface area contributed by atoms with E-state index in [4.69, 9.17) is 14.0 Å². The standard InChI is InChI=1S/C30H35B5F2O9S/c1-15-3-17(10-31)4-22(12-33)25(15)45-28(39)20-7-19(27(38)44-16(2)30(36,37)47(41,42)43)8-21(9-20)29(40)46-26-23(13-34)5-18(11-32)6-24(26)14-35/h3-9,16H,10-14,31-35H2,1-2H3,(H,41,42,43). The lowest BCUT2D eigenvalue weighted by Crippen LogP contribution is -2.42. The summed E-state index contributed by atoms with van der Waals surface area (Å²) in [5, 5.41) is -4.84. The number of esters is 3. The molecule has 47 heavy (non-hydrogen) atoms. The van der Waals surface area contributed by atoms with Crippen LogP contribution in [-0.4, -0.2) is 81.5 Å². The van der Waals surface area contributed by atoms with Crippen molar-refractivity contribution in [3.8, 4) is 11.5 Å². The molecule has 0 aliphatic heterocycles. The first-order chi connectivity index (χ1) is 22.0. The zero-order chi connectivity index (χ0) is 35.3. The number of benzene rings is 3. The van der Waals surface area contributed by atoms with Crippen LogP contribution in [0, 0.1) is 6.92 Å². The molecule has 1 unspecified atom stereocenters. The molecule has 0 saturated carbocycles. The van der Waals surface area contributed by atoms with Crippen LogP contribution < -0.4 is 9.47 Å². The molecule has 17 heteroatoms. The number of carbonyl (C=O) groups excluding carboxylic acids is 3. The van der Waals surface area contributed by atoms with Gasteiger partial charge in [0.25, 0.3) is 0 Å². The van der Waals surface area contributed by atoms with Gasteiger partial charge in [0.1, 0.15) is 50.7 Å². The van der Waals surface area contributed by atoms with Crippen molar-refractivity contribution in [1.29, 1.82) is 0 Å². The van der Waals surface area contributed by atoms with Crippen LogP contribution in [0.5, 0.6) is 11.5 Å². The van der Waals surface area contributed by atoms with Crippen LogP contribution in [0.2, 0.25) is 0 Å². The van der Waals surface area contributed by atoms with Crippen molar-refractivity contribution < 1.29 is 50.3 Å². The summed E-state index contributed by atoms with van der Waals surface area (Å²) in [6.45, 7) is 2.35. The van der Waals surface area contributed by atoms with Gasteiger partial charge in [0.05, 0.1) is 16.7 Å². The molecule has 0 saturated heterocycles. The Bertz CT molecular complexity index is 1780. The van der Waals surface area contributed by atoms with Crippen molar-refractivity contribution in [2.75, 3.05) is 0 Å². The minimum atomic E-state index is -5.93. The molecule has 1 N–H and O–H groups in total. The topological polar surface area (TPSA) is 133 Å². The largest absolute Gasteiger partial charge is 0.451 e. The number of alkyl halides is 2. The van der Waals surface area contributed by atoms with E-state index in [9.17, 15) is 31.6 Å². The van der Waals surface area contributed by atoms with E-state index in [-0.39, 0.29) is 11.1 Å². The van der Waals surface area contributed by atoms with Crippen LogP contribution in [0.3, 0.4) is 0 Å². The molecule has 9 nitrogen and oxygen atoms in total. The van der Waals surface area contributed by atoms with E-state index < -0.39 is 44.9 Å². The molecule has 0 spiro atoms. The number of hydrogen-bond acceptors (Lipinski definition) is 8. The van der Waals surface area contributed by atoms with E-state index in [0.29, 0.717) is 42.9 Å². The molecule has 3 aromatic rings. The Morgan fingerprint density at radius 3 is 1.49 bits per heavy atom. The van der Waals surface area contributed by atoms with Gasteiger partial charge >= 0.3 is 33.3 Å². The van der Waals surface area contributed by atoms with Gasteiger partial charge in [-0.1, -0.05) is 67.0 Å². The van der Waals surface area contributed by atoms with Gasteiger partial charge in [-0.2, -0.15) is 17.2 Å². The first-order valence-electron chi connectivity index (χ1n) is 15.4. The normalized spacial score (nSPS) is 12.3. The van der Waals surface area contributed by atoms with Crippen LogP contribution >= 0.6 is 0 Å². The third-order valence-electron chi connectivity index (χ3n) is 7.80. The summed E-state index contributed by atoms with van der Waals surface area (Å²) in [5.41, 5.74) is 3.93. The van der Waals surface area contributed by atoms with Gasteiger partial charge in [-0.05, 0) is 54.3 Å². The molecule has 244 valence electrons. The minimum absolute atomic E-state index is 0.293. The fourth-order valence-electron chi connectivity index (χ4n) is 5.02. The van der Waals surface area contributed by atoms with Crippen molar-refractivity contribution in [3.05, 3.63) is 92.5 Å². The summed E-state index contributed by atoms with van der Waals surface area (Å²) in [4.78, 5) is 40.2. The van der Waals surface area contributed by atoms with Crippen LogP contribution in [0.4, 0.5) is 8.78 Å². The fourth-order valence-corrected chi connectivity index (χ4v) is 5.49. The Morgan fingerprint density at radius 2 is 1.09 bits per heavy atom. The van der Waals surface area contributed by atoms with Crippen LogP contribution in [0.15, 0.2) is 42.5 Å². The van der Waals surface area contributed by atoms with Crippen molar-refractivity contribution in [1.82, 2.24) is 0 Å². The summed E-state index contributed by atoms with van der Waals surface area (Å²) in [7, 11) is 3.75. The van der Waals surface area contributed by atoms with Gasteiger partial charge in [0.15, 0.2) is 6.10 Å². The van der Waals surface area contributed by atoms with E-state index in [1.165, 1.54) is 0 Å². The predicted octanol–water partition coefficient (Wildman–Crippen LogP) is 0.125. The molecular formula is C30H35B5F2O9S. The summed E-state index contributed by atoms with van der Waals surface area (Å²) in [6.07, 6.45) is 0.524. The highest BCUT2D eigenvalue weighted by atomic mass is 32.2. The summed E-state index contributed by atoms with van der Waals surface area (Å²) >= 11 is 0. The Balaban J connectivity index is 2.11. The molecule has 0 bridgehead atoms. The molecule has 3 aromatic carbocycles. The Labute approximate surface area is 277 Å². The van der Waals surface area contributed by atoms with E-state index in [1.807, 2.05) is 63.5 Å². The zero-order valence-electron chi connectivity index (χ0n) is 27.5. The Kier molecular flexibility index (Phi) is 12.3. The number of aryl methyl sites for hydroxylation is 1. The second-order valence-electron chi connectivity index (χ2n) is 11.1. The van der Waals surface area contributed by atoms with E-state index in [1.54, 1.807) is 6.92 Å². The van der Waals surface area contributed by atoms with Gasteiger partial charge < -0.3 is 14.2 Å². The molecule has 0 radical (unpaired) electrons. The molecule has 0 aliphatic rings. The third kappa shape index (κ3) is 8.56.